The molecule has 110 valence electrons. The number of hydrogen-bond donors (Lipinski definition) is 3. The highest BCUT2D eigenvalue weighted by Crippen LogP contribution is 2.12. The third-order valence-electron chi connectivity index (χ3n) is 3.65. The van der Waals surface area contributed by atoms with Crippen LogP contribution >= 0.6 is 0 Å². The molecule has 2 heterocycles. The number of carbonyl (C=O) groups is 1. The summed E-state index contributed by atoms with van der Waals surface area (Å²) in [5, 5.41) is 3.10. The molecule has 1 atom stereocenters. The summed E-state index contributed by atoms with van der Waals surface area (Å²) < 4.78 is 0. The molecule has 20 heavy (non-hydrogen) atoms. The first-order chi connectivity index (χ1) is 9.62. The number of rotatable bonds is 4. The largest absolute Gasteiger partial charge is 0.348 e. The quantitative estimate of drug-likeness (QED) is 0.562. The second-order valence-electron chi connectivity index (χ2n) is 5.23. The number of nitrogen functional groups attached to an aromatic ring is 1. The molecule has 1 aliphatic heterocycles. The molecule has 1 aromatic rings. The molecule has 0 aliphatic carbocycles. The van der Waals surface area contributed by atoms with Crippen LogP contribution in [0, 0.1) is 6.92 Å². The number of pyridine rings is 1. The first-order valence-electron chi connectivity index (χ1n) is 7.11. The molecule has 0 saturated carbocycles. The molecular formula is C14H23N5O. The van der Waals surface area contributed by atoms with Gasteiger partial charge in [0.1, 0.15) is 5.82 Å². The maximum Gasteiger partial charge on any atom is 0.251 e. The Hall–Kier alpha value is -1.66. The number of amides is 1. The molecule has 1 amide bonds. The first kappa shape index (κ1) is 14.7. The van der Waals surface area contributed by atoms with Crippen molar-refractivity contribution in [2.24, 2.45) is 5.84 Å². The van der Waals surface area contributed by atoms with Gasteiger partial charge in [-0.15, -0.1) is 0 Å². The van der Waals surface area contributed by atoms with Crippen LogP contribution in [0.2, 0.25) is 0 Å². The van der Waals surface area contributed by atoms with Crippen molar-refractivity contribution in [3.8, 4) is 0 Å². The normalized spacial score (nSPS) is 19.6. The number of aromatic nitrogens is 1. The highest BCUT2D eigenvalue weighted by molar-refractivity contribution is 5.95. The van der Waals surface area contributed by atoms with Crippen molar-refractivity contribution in [1.29, 1.82) is 0 Å². The molecule has 4 N–H and O–H groups in total. The summed E-state index contributed by atoms with van der Waals surface area (Å²) >= 11 is 0. The molecule has 0 bridgehead atoms. The Bertz CT molecular complexity index is 477. The van der Waals surface area contributed by atoms with Gasteiger partial charge in [-0.05, 0) is 45.0 Å². The van der Waals surface area contributed by atoms with Gasteiger partial charge in [-0.3, -0.25) is 4.79 Å². The number of carbonyl (C=O) groups excluding carboxylic acids is 1. The molecule has 1 fully saturated rings. The van der Waals surface area contributed by atoms with Crippen LogP contribution in [0.4, 0.5) is 5.82 Å². The number of anilines is 1. The van der Waals surface area contributed by atoms with Gasteiger partial charge in [-0.1, -0.05) is 6.92 Å². The summed E-state index contributed by atoms with van der Waals surface area (Å²) in [6.45, 7) is 7.07. The van der Waals surface area contributed by atoms with Crippen LogP contribution in [0.15, 0.2) is 12.1 Å². The van der Waals surface area contributed by atoms with E-state index in [4.69, 9.17) is 5.84 Å². The van der Waals surface area contributed by atoms with Gasteiger partial charge in [-0.2, -0.15) is 0 Å². The molecule has 0 radical (unpaired) electrons. The summed E-state index contributed by atoms with van der Waals surface area (Å²) in [5.74, 6) is 5.81. The van der Waals surface area contributed by atoms with E-state index < -0.39 is 0 Å². The lowest BCUT2D eigenvalue weighted by Crippen LogP contribution is -2.47. The average Bonchev–Trinajstić information content (AvgIpc) is 2.46. The summed E-state index contributed by atoms with van der Waals surface area (Å²) in [6.07, 6.45) is 2.16. The van der Waals surface area contributed by atoms with E-state index in [0.29, 0.717) is 11.4 Å². The van der Waals surface area contributed by atoms with Crippen LogP contribution in [0.3, 0.4) is 0 Å². The van der Waals surface area contributed by atoms with E-state index in [-0.39, 0.29) is 11.9 Å². The van der Waals surface area contributed by atoms with Crippen molar-refractivity contribution in [3.63, 3.8) is 0 Å². The molecule has 0 spiro atoms. The summed E-state index contributed by atoms with van der Waals surface area (Å²) in [7, 11) is 0. The van der Waals surface area contributed by atoms with Crippen LogP contribution in [-0.2, 0) is 0 Å². The molecule has 2 rings (SSSR count). The Balaban J connectivity index is 2.02. The van der Waals surface area contributed by atoms with Crippen molar-refractivity contribution in [3.05, 3.63) is 23.4 Å². The van der Waals surface area contributed by atoms with Crippen molar-refractivity contribution in [2.75, 3.05) is 25.1 Å². The van der Waals surface area contributed by atoms with Gasteiger partial charge in [0.05, 0.1) is 0 Å². The Morgan fingerprint density at radius 1 is 1.55 bits per heavy atom. The van der Waals surface area contributed by atoms with E-state index in [1.807, 2.05) is 6.92 Å². The number of nitrogens with one attached hydrogen (secondary N) is 2. The van der Waals surface area contributed by atoms with Crippen molar-refractivity contribution in [2.45, 2.75) is 32.7 Å². The minimum absolute atomic E-state index is 0.0602. The van der Waals surface area contributed by atoms with Crippen molar-refractivity contribution >= 4 is 11.7 Å². The van der Waals surface area contributed by atoms with Crippen LogP contribution in [0.25, 0.3) is 0 Å². The Morgan fingerprint density at radius 2 is 2.35 bits per heavy atom. The summed E-state index contributed by atoms with van der Waals surface area (Å²) in [4.78, 5) is 18.8. The fourth-order valence-electron chi connectivity index (χ4n) is 2.60. The standard InChI is InChI=1S/C14H23N5O/c1-3-19-6-4-5-12(9-19)17-14(20)11-7-10(2)16-13(8-11)18-15/h7-8,12H,3-6,9,15H2,1-2H3,(H,16,18)(H,17,20). The summed E-state index contributed by atoms with van der Waals surface area (Å²) in [6, 6.07) is 3.67. The van der Waals surface area contributed by atoms with Gasteiger partial charge in [-0.25, -0.2) is 10.8 Å². The number of piperidine rings is 1. The lowest BCUT2D eigenvalue weighted by Gasteiger charge is -2.32. The van der Waals surface area contributed by atoms with Gasteiger partial charge in [0.25, 0.3) is 5.91 Å². The topological polar surface area (TPSA) is 83.3 Å². The van der Waals surface area contributed by atoms with E-state index in [1.54, 1.807) is 12.1 Å². The minimum atomic E-state index is -0.0602. The number of likely N-dealkylation sites (N-methyl/N-ethyl adjacent to an activating group) is 1. The molecule has 1 aliphatic rings. The predicted molar refractivity (Wildman–Crippen MR) is 79.4 cm³/mol. The maximum atomic E-state index is 12.3. The molecular weight excluding hydrogens is 254 g/mol. The van der Waals surface area contributed by atoms with Gasteiger partial charge in [0.15, 0.2) is 0 Å². The lowest BCUT2D eigenvalue weighted by atomic mass is 10.1. The van der Waals surface area contributed by atoms with E-state index in [9.17, 15) is 4.79 Å². The van der Waals surface area contributed by atoms with Crippen LogP contribution in [0.5, 0.6) is 0 Å². The number of hydrazine groups is 1. The van der Waals surface area contributed by atoms with E-state index >= 15 is 0 Å². The van der Waals surface area contributed by atoms with Crippen LogP contribution in [0.1, 0.15) is 35.8 Å². The number of likely N-dealkylation sites (tertiary alicyclic amines) is 1. The lowest BCUT2D eigenvalue weighted by molar-refractivity contribution is 0.0905. The third kappa shape index (κ3) is 3.68. The summed E-state index contributed by atoms with van der Waals surface area (Å²) in [5.41, 5.74) is 3.85. The zero-order valence-corrected chi connectivity index (χ0v) is 12.1. The average molecular weight is 277 g/mol. The Kier molecular flexibility index (Phi) is 4.92. The smallest absolute Gasteiger partial charge is 0.251 e. The van der Waals surface area contributed by atoms with Crippen LogP contribution < -0.4 is 16.6 Å². The highest BCUT2D eigenvalue weighted by Gasteiger charge is 2.21. The minimum Gasteiger partial charge on any atom is -0.348 e. The van der Waals surface area contributed by atoms with Crippen molar-refractivity contribution < 1.29 is 4.79 Å². The molecule has 6 heteroatoms. The Labute approximate surface area is 119 Å². The van der Waals surface area contributed by atoms with Crippen molar-refractivity contribution in [1.82, 2.24) is 15.2 Å². The molecule has 1 unspecified atom stereocenters. The second kappa shape index (κ2) is 6.67. The fraction of sp³-hybridized carbons (Fsp3) is 0.571. The fourth-order valence-corrected chi connectivity index (χ4v) is 2.60. The van der Waals surface area contributed by atoms with Gasteiger partial charge < -0.3 is 15.6 Å². The highest BCUT2D eigenvalue weighted by atomic mass is 16.1. The van der Waals surface area contributed by atoms with E-state index in [0.717, 1.165) is 38.2 Å². The van der Waals surface area contributed by atoms with Crippen LogP contribution in [-0.4, -0.2) is 41.5 Å². The monoisotopic (exact) mass is 277 g/mol. The van der Waals surface area contributed by atoms with E-state index in [1.165, 1.54) is 0 Å². The number of hydrogen-bond acceptors (Lipinski definition) is 5. The molecule has 0 aromatic carbocycles. The van der Waals surface area contributed by atoms with Gasteiger partial charge >= 0.3 is 0 Å². The number of aryl methyl sites for hydroxylation is 1. The SMILES string of the molecule is CCN1CCCC(NC(=O)c2cc(C)nc(NN)c2)C1. The molecule has 6 nitrogen and oxygen atoms in total. The molecule has 1 saturated heterocycles. The second-order valence-corrected chi connectivity index (χ2v) is 5.23. The zero-order valence-electron chi connectivity index (χ0n) is 12.1. The Morgan fingerprint density at radius 3 is 3.05 bits per heavy atom. The van der Waals surface area contributed by atoms with E-state index in [2.05, 4.69) is 27.6 Å². The van der Waals surface area contributed by atoms with Gasteiger partial charge in [0.2, 0.25) is 0 Å². The first-order valence-corrected chi connectivity index (χ1v) is 7.11. The predicted octanol–water partition coefficient (Wildman–Crippen LogP) is 0.890. The molecule has 1 aromatic heterocycles. The third-order valence-corrected chi connectivity index (χ3v) is 3.65. The zero-order chi connectivity index (χ0) is 14.5. The van der Waals surface area contributed by atoms with Gasteiger partial charge in [0, 0.05) is 23.8 Å². The number of nitrogens with two attached hydrogens (primary N) is 1. The maximum absolute atomic E-state index is 12.3. The number of nitrogens with zero attached hydrogens (tertiary/aromatic N) is 2.